The van der Waals surface area contributed by atoms with E-state index in [1.54, 1.807) is 0 Å². The molecule has 0 radical (unpaired) electrons. The van der Waals surface area contributed by atoms with Gasteiger partial charge in [-0.15, -0.1) is 12.3 Å². The predicted molar refractivity (Wildman–Crippen MR) is 155 cm³/mol. The topological polar surface area (TPSA) is 0 Å². The fourth-order valence-corrected chi connectivity index (χ4v) is 2.82. The molecule has 1 fully saturated rings. The number of rotatable bonds is 4. The summed E-state index contributed by atoms with van der Waals surface area (Å²) in [6.45, 7) is 18.4. The lowest BCUT2D eigenvalue weighted by molar-refractivity contribution is 0.336. The number of benzene rings is 1. The van der Waals surface area contributed by atoms with E-state index in [9.17, 15) is 0 Å². The molecule has 0 heteroatoms. The van der Waals surface area contributed by atoms with E-state index in [-0.39, 0.29) is 22.3 Å². The van der Waals surface area contributed by atoms with Crippen molar-refractivity contribution in [3.63, 3.8) is 0 Å². The monoisotopic (exact) mass is 439 g/mol. The van der Waals surface area contributed by atoms with Gasteiger partial charge in [0.2, 0.25) is 0 Å². The van der Waals surface area contributed by atoms with Crippen LogP contribution in [0.2, 0.25) is 0 Å². The SMILES string of the molecule is C.C.C.C#CCC.CC.CC.CC.CCCC1CCCCC1.CCCc1ccccc1. The summed E-state index contributed by atoms with van der Waals surface area (Å²) >= 11 is 0. The van der Waals surface area contributed by atoms with E-state index in [1.165, 1.54) is 63.4 Å². The standard InChI is InChI=1S/C9H18.C9H12.C4H6.3C2H6.3CH4/c2*1-2-6-9-7-4-3-5-8-9;1-3-4-2;3*1-2;;;/h9H,2-8H2,1H3;3-5,7-8H,2,6H2,1H3;1H,4H2,2H3;3*1-2H3;3*1H4. The van der Waals surface area contributed by atoms with Crippen LogP contribution in [0.25, 0.3) is 0 Å². The van der Waals surface area contributed by atoms with E-state index >= 15 is 0 Å². The first kappa shape index (κ1) is 47.5. The molecule has 1 aliphatic carbocycles. The Balaban J connectivity index is -0.0000000496. The lowest BCUT2D eigenvalue weighted by atomic mass is 9.86. The highest BCUT2D eigenvalue weighted by Crippen LogP contribution is 2.26. The van der Waals surface area contributed by atoms with Crippen molar-refractivity contribution in [2.75, 3.05) is 0 Å². The molecule has 0 N–H and O–H groups in total. The summed E-state index contributed by atoms with van der Waals surface area (Å²) in [4.78, 5) is 0. The molecule has 0 spiro atoms. The van der Waals surface area contributed by atoms with Gasteiger partial charge in [-0.3, -0.25) is 0 Å². The summed E-state index contributed by atoms with van der Waals surface area (Å²) in [5.41, 5.74) is 1.44. The van der Waals surface area contributed by atoms with Gasteiger partial charge >= 0.3 is 0 Å². The second-order valence-electron chi connectivity index (χ2n) is 6.09. The zero-order valence-corrected chi connectivity index (χ0v) is 21.1. The highest BCUT2D eigenvalue weighted by molar-refractivity contribution is 5.14. The maximum absolute atomic E-state index is 4.78. The van der Waals surface area contributed by atoms with Crippen LogP contribution in [0.5, 0.6) is 0 Å². The third-order valence-electron chi connectivity index (χ3n) is 4.01. The second-order valence-corrected chi connectivity index (χ2v) is 6.09. The summed E-state index contributed by atoms with van der Waals surface area (Å²) in [5, 5.41) is 0. The smallest absolute Gasteiger partial charge is 0.00576 e. The lowest BCUT2D eigenvalue weighted by Gasteiger charge is -2.20. The van der Waals surface area contributed by atoms with Gasteiger partial charge in [0.15, 0.2) is 0 Å². The van der Waals surface area contributed by atoms with Gasteiger partial charge in [0.1, 0.15) is 0 Å². The quantitative estimate of drug-likeness (QED) is 0.410. The van der Waals surface area contributed by atoms with Crippen molar-refractivity contribution in [2.24, 2.45) is 5.92 Å². The molecule has 0 atom stereocenters. The summed E-state index contributed by atoms with van der Waals surface area (Å²) < 4.78 is 0. The Labute approximate surface area is 203 Å². The molecule has 1 aromatic rings. The third-order valence-corrected chi connectivity index (χ3v) is 4.01. The lowest BCUT2D eigenvalue weighted by Crippen LogP contribution is -2.04. The Morgan fingerprint density at radius 1 is 0.742 bits per heavy atom. The molecule has 0 amide bonds. The van der Waals surface area contributed by atoms with Crippen molar-refractivity contribution < 1.29 is 0 Å². The van der Waals surface area contributed by atoms with Crippen LogP contribution in [0.1, 0.15) is 148 Å². The fraction of sp³-hybridized carbons (Fsp3) is 0.742. The van der Waals surface area contributed by atoms with Crippen molar-refractivity contribution in [3.8, 4) is 12.3 Å². The Hall–Kier alpha value is -1.22. The minimum Gasteiger partial charge on any atom is -0.120 e. The van der Waals surface area contributed by atoms with Crippen molar-refractivity contribution in [1.82, 2.24) is 0 Å². The molecule has 0 unspecified atom stereocenters. The summed E-state index contributed by atoms with van der Waals surface area (Å²) in [7, 11) is 0. The molecule has 1 aliphatic rings. The van der Waals surface area contributed by atoms with Crippen molar-refractivity contribution in [1.29, 1.82) is 0 Å². The van der Waals surface area contributed by atoms with Gasteiger partial charge in [0.25, 0.3) is 0 Å². The number of terminal acetylenes is 1. The van der Waals surface area contributed by atoms with Crippen LogP contribution in [-0.2, 0) is 6.42 Å². The summed E-state index contributed by atoms with van der Waals surface area (Å²) in [6.07, 6.45) is 18.5. The number of hydrogen-bond acceptors (Lipinski definition) is 0. The van der Waals surface area contributed by atoms with E-state index in [2.05, 4.69) is 50.1 Å². The van der Waals surface area contributed by atoms with Gasteiger partial charge in [-0.05, 0) is 17.9 Å². The van der Waals surface area contributed by atoms with Crippen molar-refractivity contribution in [2.45, 2.75) is 149 Å². The van der Waals surface area contributed by atoms with Gasteiger partial charge < -0.3 is 0 Å². The summed E-state index contributed by atoms with van der Waals surface area (Å²) in [5.74, 6) is 3.53. The van der Waals surface area contributed by atoms with Crippen LogP contribution in [0.3, 0.4) is 0 Å². The summed E-state index contributed by atoms with van der Waals surface area (Å²) in [6, 6.07) is 10.6. The maximum Gasteiger partial charge on any atom is 0.00576 e. The van der Waals surface area contributed by atoms with Crippen LogP contribution >= 0.6 is 0 Å². The van der Waals surface area contributed by atoms with E-state index in [4.69, 9.17) is 6.42 Å². The van der Waals surface area contributed by atoms with Crippen LogP contribution in [-0.4, -0.2) is 0 Å². The molecular formula is C31H66. The maximum atomic E-state index is 4.78. The highest BCUT2D eigenvalue weighted by Gasteiger charge is 2.10. The normalized spacial score (nSPS) is 10.5. The molecule has 0 heterocycles. The first-order chi connectivity index (χ1) is 13.8. The largest absolute Gasteiger partial charge is 0.120 e. The van der Waals surface area contributed by atoms with Crippen molar-refractivity contribution in [3.05, 3.63) is 35.9 Å². The minimum absolute atomic E-state index is 0. The average Bonchev–Trinajstić information content (AvgIpc) is 2.80. The molecule has 2 rings (SSSR count). The average molecular weight is 439 g/mol. The van der Waals surface area contributed by atoms with E-state index < -0.39 is 0 Å². The number of hydrogen-bond donors (Lipinski definition) is 0. The van der Waals surface area contributed by atoms with Crippen LogP contribution in [0.15, 0.2) is 30.3 Å². The molecule has 190 valence electrons. The molecule has 0 saturated heterocycles. The van der Waals surface area contributed by atoms with Gasteiger partial charge in [0, 0.05) is 6.42 Å². The van der Waals surface area contributed by atoms with Crippen LogP contribution in [0, 0.1) is 18.3 Å². The van der Waals surface area contributed by atoms with Crippen molar-refractivity contribution >= 4 is 0 Å². The Kier molecular flexibility index (Phi) is 78.9. The Morgan fingerprint density at radius 2 is 1.16 bits per heavy atom. The molecule has 0 nitrogen and oxygen atoms in total. The Bertz CT molecular complexity index is 349. The molecule has 31 heavy (non-hydrogen) atoms. The van der Waals surface area contributed by atoms with Gasteiger partial charge in [-0.1, -0.05) is 166 Å². The van der Waals surface area contributed by atoms with Crippen LogP contribution in [0.4, 0.5) is 0 Å². The Morgan fingerprint density at radius 3 is 1.48 bits per heavy atom. The third kappa shape index (κ3) is 43.5. The first-order valence-electron chi connectivity index (χ1n) is 12.3. The zero-order chi connectivity index (χ0) is 22.5. The first-order valence-corrected chi connectivity index (χ1v) is 12.3. The predicted octanol–water partition coefficient (Wildman–Crippen LogP) is 12.0. The van der Waals surface area contributed by atoms with E-state index in [0.717, 1.165) is 12.3 Å². The number of aryl methyl sites for hydroxylation is 1. The molecule has 1 aromatic carbocycles. The van der Waals surface area contributed by atoms with E-state index in [0.29, 0.717) is 0 Å². The molecular weight excluding hydrogens is 372 g/mol. The minimum atomic E-state index is 0. The van der Waals surface area contributed by atoms with Gasteiger partial charge in [0.05, 0.1) is 0 Å². The molecule has 0 aromatic heterocycles. The molecule has 1 saturated carbocycles. The van der Waals surface area contributed by atoms with Gasteiger partial charge in [-0.25, -0.2) is 0 Å². The fourth-order valence-electron chi connectivity index (χ4n) is 2.82. The van der Waals surface area contributed by atoms with E-state index in [1.807, 2.05) is 48.5 Å². The second kappa shape index (κ2) is 51.4. The van der Waals surface area contributed by atoms with Crippen LogP contribution < -0.4 is 0 Å². The molecule has 0 bridgehead atoms. The van der Waals surface area contributed by atoms with Gasteiger partial charge in [-0.2, -0.15) is 0 Å². The zero-order valence-electron chi connectivity index (χ0n) is 21.1. The molecule has 0 aliphatic heterocycles. The highest BCUT2D eigenvalue weighted by atomic mass is 14.2.